The first kappa shape index (κ1) is 15.0. The van der Waals surface area contributed by atoms with Crippen molar-refractivity contribution in [3.63, 3.8) is 0 Å². The van der Waals surface area contributed by atoms with Gasteiger partial charge in [-0.3, -0.25) is 0 Å². The summed E-state index contributed by atoms with van der Waals surface area (Å²) < 4.78 is 0. The van der Waals surface area contributed by atoms with Crippen molar-refractivity contribution in [2.24, 2.45) is 0 Å². The standard InChI is InChI=1S/C23H23N/c1-3-9-19(10-4-1)17-22-16-15-21-13-7-8-14-23(21)24(22)18-20-11-5-2-6-12-20/h1-14,22H,15-18H2. The highest BCUT2D eigenvalue weighted by atomic mass is 15.2. The van der Waals surface area contributed by atoms with E-state index in [9.17, 15) is 0 Å². The predicted octanol–water partition coefficient (Wildman–Crippen LogP) is 5.25. The number of anilines is 1. The van der Waals surface area contributed by atoms with Crippen LogP contribution in [-0.2, 0) is 19.4 Å². The maximum atomic E-state index is 2.61. The molecule has 1 unspecified atom stereocenters. The Bertz CT molecular complexity index is 779. The van der Waals surface area contributed by atoms with Crippen LogP contribution < -0.4 is 4.90 Å². The van der Waals surface area contributed by atoms with Crippen molar-refractivity contribution < 1.29 is 0 Å². The molecule has 0 saturated carbocycles. The molecule has 1 atom stereocenters. The average molecular weight is 313 g/mol. The van der Waals surface area contributed by atoms with E-state index in [1.54, 1.807) is 0 Å². The van der Waals surface area contributed by atoms with Gasteiger partial charge in [-0.25, -0.2) is 0 Å². The van der Waals surface area contributed by atoms with Crippen LogP contribution in [0, 0.1) is 0 Å². The third-order valence-corrected chi connectivity index (χ3v) is 5.00. The molecule has 0 aliphatic carbocycles. The summed E-state index contributed by atoms with van der Waals surface area (Å²) in [6.07, 6.45) is 3.51. The fourth-order valence-electron chi connectivity index (χ4n) is 3.77. The molecule has 0 amide bonds. The topological polar surface area (TPSA) is 3.24 Å². The molecular formula is C23H23N. The maximum Gasteiger partial charge on any atom is 0.0432 e. The molecule has 0 N–H and O–H groups in total. The number of nitrogens with zero attached hydrogens (tertiary/aromatic N) is 1. The van der Waals surface area contributed by atoms with Gasteiger partial charge in [-0.1, -0.05) is 78.9 Å². The molecule has 1 heterocycles. The minimum absolute atomic E-state index is 0.558. The Balaban J connectivity index is 1.65. The van der Waals surface area contributed by atoms with Crippen molar-refractivity contribution in [3.8, 4) is 0 Å². The summed E-state index contributed by atoms with van der Waals surface area (Å²) in [7, 11) is 0. The van der Waals surface area contributed by atoms with Gasteiger partial charge >= 0.3 is 0 Å². The third kappa shape index (κ3) is 3.21. The first-order valence-corrected chi connectivity index (χ1v) is 8.82. The zero-order valence-electron chi connectivity index (χ0n) is 13.9. The first-order valence-electron chi connectivity index (χ1n) is 8.82. The van der Waals surface area contributed by atoms with E-state index in [1.807, 2.05) is 0 Å². The van der Waals surface area contributed by atoms with Crippen molar-refractivity contribution in [1.29, 1.82) is 0 Å². The lowest BCUT2D eigenvalue weighted by molar-refractivity contribution is 0.521. The summed E-state index contributed by atoms with van der Waals surface area (Å²) in [6, 6.07) is 31.2. The molecule has 1 nitrogen and oxygen atoms in total. The van der Waals surface area contributed by atoms with E-state index in [2.05, 4.69) is 89.8 Å². The van der Waals surface area contributed by atoms with Crippen LogP contribution in [0.25, 0.3) is 0 Å². The van der Waals surface area contributed by atoms with Crippen molar-refractivity contribution in [2.75, 3.05) is 4.90 Å². The largest absolute Gasteiger partial charge is 0.364 e. The summed E-state index contributed by atoms with van der Waals surface area (Å²) in [5.74, 6) is 0. The first-order chi connectivity index (χ1) is 11.9. The van der Waals surface area contributed by atoms with Gasteiger partial charge in [-0.15, -0.1) is 0 Å². The molecular weight excluding hydrogens is 290 g/mol. The fraction of sp³-hybridized carbons (Fsp3) is 0.217. The van der Waals surface area contributed by atoms with Crippen molar-refractivity contribution >= 4 is 5.69 Å². The zero-order valence-corrected chi connectivity index (χ0v) is 13.9. The van der Waals surface area contributed by atoms with E-state index < -0.39 is 0 Å². The molecule has 1 aliphatic rings. The molecule has 0 aromatic heterocycles. The average Bonchev–Trinajstić information content (AvgIpc) is 2.65. The van der Waals surface area contributed by atoms with Crippen LogP contribution in [0.3, 0.4) is 0 Å². The van der Waals surface area contributed by atoms with Gasteiger partial charge in [0.05, 0.1) is 0 Å². The SMILES string of the molecule is c1ccc(CC2CCc3ccccc3N2Cc2ccccc2)cc1. The number of benzene rings is 3. The van der Waals surface area contributed by atoms with E-state index in [4.69, 9.17) is 0 Å². The van der Waals surface area contributed by atoms with Gasteiger partial charge in [0, 0.05) is 18.3 Å². The van der Waals surface area contributed by atoms with Crippen molar-refractivity contribution in [2.45, 2.75) is 31.8 Å². The number of para-hydroxylation sites is 1. The van der Waals surface area contributed by atoms with Gasteiger partial charge in [0.2, 0.25) is 0 Å². The second-order valence-electron chi connectivity index (χ2n) is 6.62. The lowest BCUT2D eigenvalue weighted by atomic mass is 9.91. The fourth-order valence-corrected chi connectivity index (χ4v) is 3.77. The molecule has 120 valence electrons. The molecule has 3 aromatic carbocycles. The molecule has 0 radical (unpaired) electrons. The lowest BCUT2D eigenvalue weighted by Crippen LogP contribution is -2.40. The van der Waals surface area contributed by atoms with Crippen molar-refractivity contribution in [1.82, 2.24) is 0 Å². The molecule has 24 heavy (non-hydrogen) atoms. The molecule has 4 rings (SSSR count). The van der Waals surface area contributed by atoms with Crippen molar-refractivity contribution in [3.05, 3.63) is 102 Å². The Hall–Kier alpha value is -2.54. The second kappa shape index (κ2) is 6.92. The van der Waals surface area contributed by atoms with Crippen LogP contribution in [-0.4, -0.2) is 6.04 Å². The molecule has 3 aromatic rings. The Labute approximate surface area is 144 Å². The second-order valence-corrected chi connectivity index (χ2v) is 6.62. The van der Waals surface area contributed by atoms with Crippen LogP contribution in [0.2, 0.25) is 0 Å². The summed E-state index contributed by atoms with van der Waals surface area (Å²) in [5.41, 5.74) is 5.71. The molecule has 1 heteroatoms. The maximum absolute atomic E-state index is 2.61. The predicted molar refractivity (Wildman–Crippen MR) is 101 cm³/mol. The van der Waals surface area contributed by atoms with Gasteiger partial charge in [-0.05, 0) is 42.0 Å². The normalized spacial score (nSPS) is 16.7. The van der Waals surface area contributed by atoms with Gasteiger partial charge in [0.25, 0.3) is 0 Å². The van der Waals surface area contributed by atoms with Gasteiger partial charge < -0.3 is 4.90 Å². The van der Waals surface area contributed by atoms with E-state index in [1.165, 1.54) is 35.2 Å². The Morgan fingerprint density at radius 3 is 2.08 bits per heavy atom. The Kier molecular flexibility index (Phi) is 4.33. The molecule has 0 saturated heterocycles. The highest BCUT2D eigenvalue weighted by Gasteiger charge is 2.26. The summed E-state index contributed by atoms with van der Waals surface area (Å²) in [6.45, 7) is 0.982. The molecule has 0 bridgehead atoms. The van der Waals surface area contributed by atoms with Gasteiger partial charge in [-0.2, -0.15) is 0 Å². The number of hydrogen-bond acceptors (Lipinski definition) is 1. The van der Waals surface area contributed by atoms with Crippen LogP contribution in [0.4, 0.5) is 5.69 Å². The molecule has 1 aliphatic heterocycles. The lowest BCUT2D eigenvalue weighted by Gasteiger charge is -2.39. The van der Waals surface area contributed by atoms with E-state index in [0.29, 0.717) is 6.04 Å². The molecule has 0 spiro atoms. The monoisotopic (exact) mass is 313 g/mol. The van der Waals surface area contributed by atoms with Crippen LogP contribution in [0.1, 0.15) is 23.1 Å². The van der Waals surface area contributed by atoms with E-state index >= 15 is 0 Å². The minimum atomic E-state index is 0.558. The molecule has 0 fully saturated rings. The van der Waals surface area contributed by atoms with Crippen LogP contribution in [0.5, 0.6) is 0 Å². The van der Waals surface area contributed by atoms with Crippen LogP contribution in [0.15, 0.2) is 84.9 Å². The third-order valence-electron chi connectivity index (χ3n) is 5.00. The summed E-state index contributed by atoms with van der Waals surface area (Å²) in [4.78, 5) is 2.61. The number of fused-ring (bicyclic) bond motifs is 1. The number of rotatable bonds is 4. The highest BCUT2D eigenvalue weighted by molar-refractivity contribution is 5.57. The van der Waals surface area contributed by atoms with E-state index in [0.717, 1.165) is 13.0 Å². The Morgan fingerprint density at radius 1 is 0.708 bits per heavy atom. The summed E-state index contributed by atoms with van der Waals surface area (Å²) in [5, 5.41) is 0. The van der Waals surface area contributed by atoms with Crippen LogP contribution >= 0.6 is 0 Å². The smallest absolute Gasteiger partial charge is 0.0432 e. The van der Waals surface area contributed by atoms with Gasteiger partial charge in [0.1, 0.15) is 0 Å². The highest BCUT2D eigenvalue weighted by Crippen LogP contribution is 2.33. The zero-order chi connectivity index (χ0) is 16.2. The number of hydrogen-bond donors (Lipinski definition) is 0. The quantitative estimate of drug-likeness (QED) is 0.636. The summed E-state index contributed by atoms with van der Waals surface area (Å²) >= 11 is 0. The minimum Gasteiger partial charge on any atom is -0.364 e. The number of aryl methyl sites for hydroxylation is 1. The Morgan fingerprint density at radius 2 is 1.33 bits per heavy atom. The van der Waals surface area contributed by atoms with E-state index in [-0.39, 0.29) is 0 Å². The van der Waals surface area contributed by atoms with Gasteiger partial charge in [0.15, 0.2) is 0 Å².